The lowest BCUT2D eigenvalue weighted by atomic mass is 9.99. The van der Waals surface area contributed by atoms with E-state index in [1.54, 1.807) is 23.1 Å². The average molecular weight is 372 g/mol. The summed E-state index contributed by atoms with van der Waals surface area (Å²) in [7, 11) is 3.70. The van der Waals surface area contributed by atoms with Crippen molar-refractivity contribution in [1.29, 1.82) is 0 Å². The molecular formula is C21H20N6O. The van der Waals surface area contributed by atoms with Gasteiger partial charge in [0.15, 0.2) is 0 Å². The lowest BCUT2D eigenvalue weighted by Gasteiger charge is -2.10. The van der Waals surface area contributed by atoms with Crippen LogP contribution in [-0.2, 0) is 13.5 Å². The second kappa shape index (κ2) is 7.11. The van der Waals surface area contributed by atoms with E-state index >= 15 is 0 Å². The summed E-state index contributed by atoms with van der Waals surface area (Å²) in [5.74, 6) is 0.275. The van der Waals surface area contributed by atoms with E-state index in [9.17, 15) is 4.79 Å². The van der Waals surface area contributed by atoms with E-state index in [1.165, 1.54) is 0 Å². The number of hydrogen-bond donors (Lipinski definition) is 2. The van der Waals surface area contributed by atoms with Crippen LogP contribution in [0.2, 0.25) is 0 Å². The Balaban J connectivity index is 1.81. The van der Waals surface area contributed by atoms with Crippen LogP contribution in [0.3, 0.4) is 0 Å². The number of nitrogens with zero attached hydrogens (tertiary/aromatic N) is 4. The number of benzene rings is 1. The molecule has 0 bridgehead atoms. The molecule has 0 spiro atoms. The molecule has 4 rings (SSSR count). The van der Waals surface area contributed by atoms with Crippen molar-refractivity contribution < 1.29 is 4.79 Å². The zero-order chi connectivity index (χ0) is 19.7. The monoisotopic (exact) mass is 372 g/mol. The normalized spacial score (nSPS) is 10.9. The molecule has 7 heteroatoms. The summed E-state index contributed by atoms with van der Waals surface area (Å²) in [6, 6.07) is 11.8. The van der Waals surface area contributed by atoms with Gasteiger partial charge in [0.1, 0.15) is 11.5 Å². The number of carbonyl (C=O) groups excluding carboxylic acids is 1. The molecule has 0 atom stereocenters. The molecule has 0 radical (unpaired) electrons. The maximum absolute atomic E-state index is 11.8. The number of primary amides is 1. The van der Waals surface area contributed by atoms with E-state index in [4.69, 9.17) is 5.73 Å². The molecule has 28 heavy (non-hydrogen) atoms. The zero-order valence-corrected chi connectivity index (χ0v) is 15.7. The van der Waals surface area contributed by atoms with E-state index in [0.29, 0.717) is 0 Å². The van der Waals surface area contributed by atoms with Crippen molar-refractivity contribution in [2.75, 3.05) is 12.4 Å². The molecule has 3 aromatic heterocycles. The number of anilines is 1. The quantitative estimate of drug-likeness (QED) is 0.561. The highest BCUT2D eigenvalue weighted by Crippen LogP contribution is 2.29. The molecule has 1 amide bonds. The lowest BCUT2D eigenvalue weighted by molar-refractivity contribution is 0.0996. The Kier molecular flexibility index (Phi) is 4.49. The van der Waals surface area contributed by atoms with Gasteiger partial charge >= 0.3 is 0 Å². The largest absolute Gasteiger partial charge is 0.373 e. The summed E-state index contributed by atoms with van der Waals surface area (Å²) in [5.41, 5.74) is 10.5. The molecule has 0 unspecified atom stereocenters. The number of nitrogens with one attached hydrogen (secondary N) is 1. The van der Waals surface area contributed by atoms with Crippen molar-refractivity contribution in [1.82, 2.24) is 19.7 Å². The molecule has 0 aliphatic rings. The Morgan fingerprint density at radius 3 is 2.71 bits per heavy atom. The molecule has 7 nitrogen and oxygen atoms in total. The number of hydrogen-bond acceptors (Lipinski definition) is 5. The Labute approximate surface area is 162 Å². The van der Waals surface area contributed by atoms with Gasteiger partial charge in [0.05, 0.1) is 11.7 Å². The van der Waals surface area contributed by atoms with Gasteiger partial charge in [0, 0.05) is 37.4 Å². The third-order valence-corrected chi connectivity index (χ3v) is 4.63. The summed E-state index contributed by atoms with van der Waals surface area (Å²) in [6.07, 6.45) is 6.19. The molecule has 0 aliphatic carbocycles. The summed E-state index contributed by atoms with van der Waals surface area (Å²) in [4.78, 5) is 20.5. The second-order valence-electron chi connectivity index (χ2n) is 6.65. The number of amides is 1. The van der Waals surface area contributed by atoms with Crippen molar-refractivity contribution in [3.63, 3.8) is 0 Å². The van der Waals surface area contributed by atoms with Crippen LogP contribution in [0.1, 0.15) is 21.6 Å². The van der Waals surface area contributed by atoms with Crippen molar-refractivity contribution in [2.24, 2.45) is 12.8 Å². The van der Waals surface area contributed by atoms with E-state index in [2.05, 4.69) is 26.4 Å². The highest BCUT2D eigenvalue weighted by molar-refractivity contribution is 6.00. The van der Waals surface area contributed by atoms with Crippen molar-refractivity contribution in [3.05, 3.63) is 71.8 Å². The Bertz CT molecular complexity index is 1180. The number of carbonyl (C=O) groups is 1. The number of rotatable bonds is 5. The van der Waals surface area contributed by atoms with Crippen LogP contribution in [0.25, 0.3) is 22.0 Å². The molecule has 1 aromatic carbocycles. The van der Waals surface area contributed by atoms with Gasteiger partial charge < -0.3 is 11.1 Å². The maximum atomic E-state index is 11.8. The van der Waals surface area contributed by atoms with Gasteiger partial charge in [-0.05, 0) is 47.4 Å². The zero-order valence-electron chi connectivity index (χ0n) is 15.7. The SMILES string of the molecule is CNc1cc(Cc2ccc3c(-c4cnn(C)c4)cc(C(N)=O)nc3c2)ccn1. The Morgan fingerprint density at radius 1 is 1.18 bits per heavy atom. The van der Waals surface area contributed by atoms with Crippen LogP contribution in [0.15, 0.2) is 55.0 Å². The minimum absolute atomic E-state index is 0.241. The van der Waals surface area contributed by atoms with Gasteiger partial charge in [-0.25, -0.2) is 9.97 Å². The van der Waals surface area contributed by atoms with Gasteiger partial charge in [-0.2, -0.15) is 5.10 Å². The smallest absolute Gasteiger partial charge is 0.267 e. The van der Waals surface area contributed by atoms with Crippen molar-refractivity contribution in [2.45, 2.75) is 6.42 Å². The Hall–Kier alpha value is -3.74. The summed E-state index contributed by atoms with van der Waals surface area (Å²) in [6.45, 7) is 0. The third kappa shape index (κ3) is 3.42. The third-order valence-electron chi connectivity index (χ3n) is 4.63. The number of aryl methyl sites for hydroxylation is 1. The molecule has 3 heterocycles. The summed E-state index contributed by atoms with van der Waals surface area (Å²) >= 11 is 0. The fourth-order valence-corrected chi connectivity index (χ4v) is 3.27. The van der Waals surface area contributed by atoms with Crippen molar-refractivity contribution in [3.8, 4) is 11.1 Å². The maximum Gasteiger partial charge on any atom is 0.267 e. The molecular weight excluding hydrogens is 352 g/mol. The van der Waals surface area contributed by atoms with Gasteiger partial charge in [0.25, 0.3) is 5.91 Å². The van der Waals surface area contributed by atoms with E-state index in [-0.39, 0.29) is 5.69 Å². The molecule has 0 fully saturated rings. The average Bonchev–Trinajstić information content (AvgIpc) is 3.13. The molecule has 4 aromatic rings. The van der Waals surface area contributed by atoms with E-state index in [1.807, 2.05) is 44.6 Å². The fraction of sp³-hybridized carbons (Fsp3) is 0.143. The first-order valence-electron chi connectivity index (χ1n) is 8.88. The van der Waals surface area contributed by atoms with Crippen LogP contribution in [-0.4, -0.2) is 32.7 Å². The van der Waals surface area contributed by atoms with Crippen LogP contribution in [0.5, 0.6) is 0 Å². The highest BCUT2D eigenvalue weighted by Gasteiger charge is 2.13. The number of fused-ring (bicyclic) bond motifs is 1. The van der Waals surface area contributed by atoms with E-state index < -0.39 is 5.91 Å². The van der Waals surface area contributed by atoms with Crippen LogP contribution in [0.4, 0.5) is 5.82 Å². The minimum Gasteiger partial charge on any atom is -0.373 e. The van der Waals surface area contributed by atoms with Crippen LogP contribution in [0, 0.1) is 0 Å². The van der Waals surface area contributed by atoms with Crippen LogP contribution >= 0.6 is 0 Å². The lowest BCUT2D eigenvalue weighted by Crippen LogP contribution is -2.13. The molecule has 140 valence electrons. The van der Waals surface area contributed by atoms with E-state index in [0.717, 1.165) is 45.4 Å². The second-order valence-corrected chi connectivity index (χ2v) is 6.65. The van der Waals surface area contributed by atoms with Gasteiger partial charge in [-0.3, -0.25) is 9.48 Å². The first kappa shape index (κ1) is 17.7. The summed E-state index contributed by atoms with van der Waals surface area (Å²) in [5, 5.41) is 8.23. The first-order valence-corrected chi connectivity index (χ1v) is 8.88. The Morgan fingerprint density at radius 2 is 2.00 bits per heavy atom. The standard InChI is InChI=1S/C21H20N6O/c1-23-20-9-14(5-6-24-20)7-13-3-4-16-17(15-11-25-27(2)12-15)10-19(21(22)28)26-18(16)8-13/h3-6,8-12H,7H2,1-2H3,(H2,22,28)(H,23,24). The van der Waals surface area contributed by atoms with Gasteiger partial charge in [-0.15, -0.1) is 0 Å². The fourth-order valence-electron chi connectivity index (χ4n) is 3.27. The first-order chi connectivity index (χ1) is 13.5. The van der Waals surface area contributed by atoms with Crippen molar-refractivity contribution >= 4 is 22.6 Å². The molecule has 0 saturated heterocycles. The molecule has 0 saturated carbocycles. The number of nitrogens with two attached hydrogens (primary N) is 1. The topological polar surface area (TPSA) is 98.7 Å². The predicted molar refractivity (Wildman–Crippen MR) is 109 cm³/mol. The highest BCUT2D eigenvalue weighted by atomic mass is 16.1. The number of aromatic nitrogens is 4. The molecule has 3 N–H and O–H groups in total. The predicted octanol–water partition coefficient (Wildman–Crippen LogP) is 2.76. The minimum atomic E-state index is -0.551. The number of pyridine rings is 2. The summed E-state index contributed by atoms with van der Waals surface area (Å²) < 4.78 is 1.72. The van der Waals surface area contributed by atoms with Gasteiger partial charge in [0.2, 0.25) is 0 Å². The van der Waals surface area contributed by atoms with Gasteiger partial charge in [-0.1, -0.05) is 12.1 Å². The van der Waals surface area contributed by atoms with Crippen LogP contribution < -0.4 is 11.1 Å². The molecule has 0 aliphatic heterocycles.